The molecule has 7 heteroatoms. The highest BCUT2D eigenvalue weighted by Crippen LogP contribution is 2.24. The fourth-order valence-corrected chi connectivity index (χ4v) is 3.07. The average molecular weight is 406 g/mol. The Kier molecular flexibility index (Phi) is 4.97. The molecule has 1 aromatic heterocycles. The van der Waals surface area contributed by atoms with Crippen molar-refractivity contribution in [2.75, 3.05) is 0 Å². The first-order chi connectivity index (χ1) is 11.5. The van der Waals surface area contributed by atoms with Gasteiger partial charge in [-0.2, -0.15) is 5.10 Å². The van der Waals surface area contributed by atoms with Gasteiger partial charge in [0.25, 0.3) is 5.91 Å². The normalized spacial score (nSPS) is 12.0. The van der Waals surface area contributed by atoms with E-state index >= 15 is 0 Å². The van der Waals surface area contributed by atoms with Crippen molar-refractivity contribution in [1.82, 2.24) is 20.5 Å². The van der Waals surface area contributed by atoms with E-state index in [1.54, 1.807) is 18.2 Å². The van der Waals surface area contributed by atoms with Gasteiger partial charge in [-0.15, -0.1) is 0 Å². The molecule has 0 saturated heterocycles. The lowest BCUT2D eigenvalue weighted by Gasteiger charge is -2.17. The Morgan fingerprint density at radius 1 is 1.25 bits per heavy atom. The van der Waals surface area contributed by atoms with Gasteiger partial charge in [-0.3, -0.25) is 9.89 Å². The van der Waals surface area contributed by atoms with Crippen LogP contribution in [-0.4, -0.2) is 21.1 Å². The van der Waals surface area contributed by atoms with E-state index in [-0.39, 0.29) is 5.91 Å². The molecule has 0 aliphatic heterocycles. The number of benzene rings is 2. The van der Waals surface area contributed by atoms with E-state index < -0.39 is 6.04 Å². The van der Waals surface area contributed by atoms with E-state index in [2.05, 4.69) is 36.4 Å². The van der Waals surface area contributed by atoms with Gasteiger partial charge in [-0.1, -0.05) is 57.9 Å². The van der Waals surface area contributed by atoms with Crippen LogP contribution in [-0.2, 0) is 0 Å². The molecule has 0 aliphatic carbocycles. The highest BCUT2D eigenvalue weighted by atomic mass is 79.9. The summed E-state index contributed by atoms with van der Waals surface area (Å²) in [6.07, 6.45) is 0. The zero-order chi connectivity index (χ0) is 17.1. The molecule has 0 bridgehead atoms. The van der Waals surface area contributed by atoms with Crippen molar-refractivity contribution >= 4 is 33.4 Å². The number of aromatic nitrogens is 3. The minimum Gasteiger partial charge on any atom is -0.338 e. The molecule has 1 heterocycles. The van der Waals surface area contributed by atoms with Gasteiger partial charge in [-0.05, 0) is 30.7 Å². The molecular weight excluding hydrogens is 392 g/mol. The van der Waals surface area contributed by atoms with Crippen LogP contribution in [0.3, 0.4) is 0 Å². The summed E-state index contributed by atoms with van der Waals surface area (Å²) in [7, 11) is 0. The molecule has 0 spiro atoms. The third kappa shape index (κ3) is 3.66. The highest BCUT2D eigenvalue weighted by molar-refractivity contribution is 9.10. The molecule has 3 rings (SSSR count). The Hall–Kier alpha value is -2.18. The van der Waals surface area contributed by atoms with Gasteiger partial charge in [-0.25, -0.2) is 4.98 Å². The Bertz CT molecular complexity index is 866. The van der Waals surface area contributed by atoms with Crippen LogP contribution in [0.5, 0.6) is 0 Å². The van der Waals surface area contributed by atoms with Crippen LogP contribution in [0.25, 0.3) is 0 Å². The number of halogens is 2. The first-order valence-corrected chi connectivity index (χ1v) is 8.41. The summed E-state index contributed by atoms with van der Waals surface area (Å²) in [5.41, 5.74) is 1.28. The van der Waals surface area contributed by atoms with Crippen LogP contribution in [0.2, 0.25) is 5.02 Å². The summed E-state index contributed by atoms with van der Waals surface area (Å²) in [5.74, 6) is 0.894. The fourth-order valence-electron chi connectivity index (χ4n) is 2.31. The van der Waals surface area contributed by atoms with Crippen molar-refractivity contribution in [3.8, 4) is 0 Å². The van der Waals surface area contributed by atoms with Crippen LogP contribution in [0, 0.1) is 6.92 Å². The van der Waals surface area contributed by atoms with E-state index in [1.165, 1.54) is 0 Å². The molecule has 1 atom stereocenters. The van der Waals surface area contributed by atoms with Crippen LogP contribution < -0.4 is 5.32 Å². The first-order valence-electron chi connectivity index (χ1n) is 7.24. The number of aromatic amines is 1. The van der Waals surface area contributed by atoms with Gasteiger partial charge in [0.1, 0.15) is 11.9 Å². The minimum atomic E-state index is -0.469. The molecule has 1 unspecified atom stereocenters. The smallest absolute Gasteiger partial charge is 0.253 e. The predicted octanol–water partition coefficient (Wildman–Crippen LogP) is 4.05. The Morgan fingerprint density at radius 3 is 2.62 bits per heavy atom. The second kappa shape index (κ2) is 7.15. The number of carbonyl (C=O) groups is 1. The molecular formula is C17H14BrClN4O. The van der Waals surface area contributed by atoms with Crippen LogP contribution >= 0.6 is 27.5 Å². The number of amides is 1. The van der Waals surface area contributed by atoms with Crippen molar-refractivity contribution in [2.24, 2.45) is 0 Å². The number of carbonyl (C=O) groups excluding carboxylic acids is 1. The van der Waals surface area contributed by atoms with E-state index in [9.17, 15) is 4.79 Å². The number of H-pyrrole nitrogens is 1. The largest absolute Gasteiger partial charge is 0.338 e. The number of hydrogen-bond acceptors (Lipinski definition) is 3. The zero-order valence-corrected chi connectivity index (χ0v) is 15.1. The third-order valence-electron chi connectivity index (χ3n) is 3.46. The molecule has 122 valence electrons. The second-order valence-electron chi connectivity index (χ2n) is 5.22. The maximum atomic E-state index is 12.7. The lowest BCUT2D eigenvalue weighted by atomic mass is 10.1. The molecule has 0 saturated carbocycles. The summed E-state index contributed by atoms with van der Waals surface area (Å²) >= 11 is 9.51. The Balaban J connectivity index is 1.93. The van der Waals surface area contributed by atoms with E-state index in [4.69, 9.17) is 11.6 Å². The van der Waals surface area contributed by atoms with Crippen molar-refractivity contribution in [3.63, 3.8) is 0 Å². The maximum absolute atomic E-state index is 12.7. The third-order valence-corrected chi connectivity index (χ3v) is 4.26. The van der Waals surface area contributed by atoms with Crippen molar-refractivity contribution in [1.29, 1.82) is 0 Å². The summed E-state index contributed by atoms with van der Waals surface area (Å²) < 4.78 is 0.813. The molecule has 24 heavy (non-hydrogen) atoms. The number of hydrogen-bond donors (Lipinski definition) is 2. The van der Waals surface area contributed by atoms with Crippen molar-refractivity contribution < 1.29 is 4.79 Å². The van der Waals surface area contributed by atoms with Gasteiger partial charge in [0.2, 0.25) is 0 Å². The molecule has 0 fully saturated rings. The van der Waals surface area contributed by atoms with Gasteiger partial charge in [0, 0.05) is 4.47 Å². The maximum Gasteiger partial charge on any atom is 0.253 e. The van der Waals surface area contributed by atoms with Crippen LogP contribution in [0.15, 0.2) is 53.0 Å². The van der Waals surface area contributed by atoms with Gasteiger partial charge in [0.05, 0.1) is 10.6 Å². The molecule has 0 aliphatic rings. The molecule has 1 amide bonds. The lowest BCUT2D eigenvalue weighted by molar-refractivity contribution is 0.0941. The fraction of sp³-hybridized carbons (Fsp3) is 0.118. The minimum absolute atomic E-state index is 0.288. The van der Waals surface area contributed by atoms with Crippen LogP contribution in [0.1, 0.15) is 33.6 Å². The molecule has 3 aromatic rings. The summed E-state index contributed by atoms with van der Waals surface area (Å²) in [5, 5.41) is 10.3. The monoisotopic (exact) mass is 404 g/mol. The standard InChI is InChI=1S/C17H14BrClN4O/c1-10-20-16(23-22-10)15(11-5-3-2-4-6-11)21-17(24)13-8-7-12(18)9-14(13)19/h2-9,15H,1H3,(H,21,24)(H,20,22,23). The van der Waals surface area contributed by atoms with E-state index in [1.807, 2.05) is 37.3 Å². The van der Waals surface area contributed by atoms with Crippen molar-refractivity contribution in [3.05, 3.63) is 80.8 Å². The predicted molar refractivity (Wildman–Crippen MR) is 96.0 cm³/mol. The summed E-state index contributed by atoms with van der Waals surface area (Å²) in [4.78, 5) is 17.0. The molecule has 2 N–H and O–H groups in total. The highest BCUT2D eigenvalue weighted by Gasteiger charge is 2.22. The van der Waals surface area contributed by atoms with Gasteiger partial charge < -0.3 is 5.32 Å². The molecule has 0 radical (unpaired) electrons. The van der Waals surface area contributed by atoms with E-state index in [0.29, 0.717) is 22.2 Å². The van der Waals surface area contributed by atoms with Crippen LogP contribution in [0.4, 0.5) is 0 Å². The van der Waals surface area contributed by atoms with Crippen molar-refractivity contribution in [2.45, 2.75) is 13.0 Å². The molecule has 5 nitrogen and oxygen atoms in total. The summed E-state index contributed by atoms with van der Waals surface area (Å²) in [6.45, 7) is 1.81. The zero-order valence-electron chi connectivity index (χ0n) is 12.8. The number of aryl methyl sites for hydroxylation is 1. The second-order valence-corrected chi connectivity index (χ2v) is 6.54. The average Bonchev–Trinajstić information content (AvgIpc) is 2.99. The van der Waals surface area contributed by atoms with E-state index in [0.717, 1.165) is 10.0 Å². The number of nitrogens with one attached hydrogen (secondary N) is 2. The van der Waals surface area contributed by atoms with Gasteiger partial charge in [0.15, 0.2) is 5.82 Å². The SMILES string of the molecule is Cc1nc(C(NC(=O)c2ccc(Br)cc2Cl)c2ccccc2)n[nH]1. The lowest BCUT2D eigenvalue weighted by Crippen LogP contribution is -2.30. The number of nitrogens with zero attached hydrogens (tertiary/aromatic N) is 2. The quantitative estimate of drug-likeness (QED) is 0.688. The topological polar surface area (TPSA) is 70.7 Å². The number of rotatable bonds is 4. The Labute approximate surface area is 152 Å². The van der Waals surface area contributed by atoms with Gasteiger partial charge >= 0.3 is 0 Å². The Morgan fingerprint density at radius 2 is 2.00 bits per heavy atom. The molecule has 2 aromatic carbocycles. The first kappa shape index (κ1) is 16.7. The summed E-state index contributed by atoms with van der Waals surface area (Å²) in [6, 6.07) is 14.2.